The van der Waals surface area contributed by atoms with Gasteiger partial charge in [-0.15, -0.1) is 11.3 Å². The number of esters is 1. The lowest BCUT2D eigenvalue weighted by Crippen LogP contribution is -3.14. The van der Waals surface area contributed by atoms with Crippen LogP contribution in [0.5, 0.6) is 0 Å². The van der Waals surface area contributed by atoms with Crippen LogP contribution >= 0.6 is 11.3 Å². The fourth-order valence-corrected chi connectivity index (χ4v) is 5.01. The lowest BCUT2D eigenvalue weighted by Gasteiger charge is -2.30. The molecule has 1 aliphatic heterocycles. The largest absolute Gasteiger partial charge is 0.465 e. The number of hydrogen-bond acceptors (Lipinski definition) is 5. The number of carbonyl (C=O) groups excluding carboxylic acids is 2. The van der Waals surface area contributed by atoms with Crippen LogP contribution in [0.15, 0.2) is 48.5 Å². The second-order valence-electron chi connectivity index (χ2n) is 7.27. The fraction of sp³-hybridized carbons (Fsp3) is 0.318. The van der Waals surface area contributed by atoms with Gasteiger partial charge in [0.2, 0.25) is 0 Å². The molecule has 1 unspecified atom stereocenters. The first-order valence-corrected chi connectivity index (χ1v) is 10.6. The van der Waals surface area contributed by atoms with E-state index in [1.807, 2.05) is 18.2 Å². The maximum Gasteiger partial charge on any atom is 0.337 e. The second kappa shape index (κ2) is 8.71. The number of fused-ring (bicyclic) bond motifs is 1. The van der Waals surface area contributed by atoms with Crippen molar-refractivity contribution in [1.29, 1.82) is 0 Å². The van der Waals surface area contributed by atoms with Gasteiger partial charge in [-0.05, 0) is 49.2 Å². The molecular weight excluding hydrogens is 386 g/mol. The van der Waals surface area contributed by atoms with E-state index in [4.69, 9.17) is 9.72 Å². The highest BCUT2D eigenvalue weighted by Crippen LogP contribution is 2.28. The summed E-state index contributed by atoms with van der Waals surface area (Å²) in [4.78, 5) is 30.3. The van der Waals surface area contributed by atoms with Crippen LogP contribution in [0.1, 0.15) is 40.7 Å². The molecular formula is C22H24N3O3S+. The number of amides is 1. The molecule has 7 heteroatoms. The summed E-state index contributed by atoms with van der Waals surface area (Å²) in [6.45, 7) is 1.37. The van der Waals surface area contributed by atoms with Crippen molar-refractivity contribution < 1.29 is 19.2 Å². The monoisotopic (exact) mass is 410 g/mol. The minimum absolute atomic E-state index is 0.0289. The number of likely N-dealkylation sites (tertiary alicyclic amines) is 1. The van der Waals surface area contributed by atoms with Crippen LogP contribution in [0.3, 0.4) is 0 Å². The number of nitrogens with one attached hydrogen (secondary N) is 2. The first-order chi connectivity index (χ1) is 14.1. The number of aromatic nitrogens is 1. The number of nitrogens with zero attached hydrogens (tertiary/aromatic N) is 1. The number of piperidine rings is 1. The predicted octanol–water partition coefficient (Wildman–Crippen LogP) is 2.83. The number of carbonyl (C=O) groups is 2. The molecule has 0 saturated carbocycles. The molecule has 2 N–H and O–H groups in total. The summed E-state index contributed by atoms with van der Waals surface area (Å²) in [5.74, 6) is -0.418. The number of thiazole rings is 1. The number of para-hydroxylation sites is 1. The molecule has 2 atom stereocenters. The zero-order chi connectivity index (χ0) is 20.2. The van der Waals surface area contributed by atoms with Crippen LogP contribution in [-0.2, 0) is 9.53 Å². The van der Waals surface area contributed by atoms with Crippen LogP contribution in [0.2, 0.25) is 0 Å². The smallest absolute Gasteiger partial charge is 0.337 e. The zero-order valence-corrected chi connectivity index (χ0v) is 17.1. The van der Waals surface area contributed by atoms with Crippen molar-refractivity contribution in [2.45, 2.75) is 25.3 Å². The Bertz CT molecular complexity index is 983. The first kappa shape index (κ1) is 19.5. The molecule has 1 aliphatic rings. The van der Waals surface area contributed by atoms with E-state index in [0.717, 1.165) is 29.9 Å². The van der Waals surface area contributed by atoms with Gasteiger partial charge >= 0.3 is 5.97 Å². The number of rotatable bonds is 5. The maximum absolute atomic E-state index is 12.7. The molecule has 1 saturated heterocycles. The maximum atomic E-state index is 12.7. The Morgan fingerprint density at radius 1 is 1.17 bits per heavy atom. The lowest BCUT2D eigenvalue weighted by molar-refractivity contribution is -0.929. The van der Waals surface area contributed by atoms with E-state index in [2.05, 4.69) is 11.4 Å². The van der Waals surface area contributed by atoms with Gasteiger partial charge in [-0.3, -0.25) is 4.79 Å². The van der Waals surface area contributed by atoms with Crippen molar-refractivity contribution in [3.05, 3.63) is 59.1 Å². The van der Waals surface area contributed by atoms with Gasteiger partial charge in [-0.1, -0.05) is 12.1 Å². The number of quaternary nitrogens is 1. The van der Waals surface area contributed by atoms with Gasteiger partial charge in [0.15, 0.2) is 11.6 Å². The molecule has 29 heavy (non-hydrogen) atoms. The fourth-order valence-electron chi connectivity index (χ4n) is 3.85. The minimum atomic E-state index is -0.390. The summed E-state index contributed by atoms with van der Waals surface area (Å²) in [5, 5.41) is 4.06. The summed E-state index contributed by atoms with van der Waals surface area (Å²) in [7, 11) is 1.35. The van der Waals surface area contributed by atoms with Gasteiger partial charge in [-0.25, -0.2) is 9.78 Å². The highest BCUT2D eigenvalue weighted by Gasteiger charge is 2.31. The summed E-state index contributed by atoms with van der Waals surface area (Å²) in [5.41, 5.74) is 2.17. The molecule has 3 aromatic rings. The van der Waals surface area contributed by atoms with Gasteiger partial charge < -0.3 is 15.0 Å². The second-order valence-corrected chi connectivity index (χ2v) is 8.33. The zero-order valence-electron chi connectivity index (χ0n) is 16.3. The molecule has 0 radical (unpaired) electrons. The summed E-state index contributed by atoms with van der Waals surface area (Å²) >= 11 is 1.74. The molecule has 0 spiro atoms. The molecule has 6 nitrogen and oxygen atoms in total. The summed E-state index contributed by atoms with van der Waals surface area (Å²) in [6.07, 6.45) is 3.34. The SMILES string of the molecule is COC(=O)c1ccc(NC(=O)C[NH+]2CCCC[C@H]2c2nc3ccccc3s2)cc1. The highest BCUT2D eigenvalue weighted by molar-refractivity contribution is 7.18. The molecule has 2 heterocycles. The summed E-state index contributed by atoms with van der Waals surface area (Å²) < 4.78 is 5.90. The Kier molecular flexibility index (Phi) is 5.87. The lowest BCUT2D eigenvalue weighted by atomic mass is 10.0. The van der Waals surface area contributed by atoms with Gasteiger partial charge in [0.05, 0.1) is 29.4 Å². The molecule has 1 fully saturated rings. The van der Waals surface area contributed by atoms with E-state index in [0.29, 0.717) is 17.8 Å². The van der Waals surface area contributed by atoms with E-state index >= 15 is 0 Å². The molecule has 2 aromatic carbocycles. The van der Waals surface area contributed by atoms with Crippen LogP contribution in [0.25, 0.3) is 10.2 Å². The number of benzene rings is 2. The Morgan fingerprint density at radius 3 is 2.72 bits per heavy atom. The number of hydrogen-bond donors (Lipinski definition) is 2. The van der Waals surface area contributed by atoms with Crippen molar-refractivity contribution >= 4 is 39.1 Å². The molecule has 4 rings (SSSR count). The first-order valence-electron chi connectivity index (χ1n) is 9.82. The van der Waals surface area contributed by atoms with E-state index in [1.165, 1.54) is 23.1 Å². The van der Waals surface area contributed by atoms with Crippen molar-refractivity contribution in [3.63, 3.8) is 0 Å². The molecule has 1 aromatic heterocycles. The Balaban J connectivity index is 1.43. The molecule has 150 valence electrons. The average molecular weight is 411 g/mol. The van der Waals surface area contributed by atoms with E-state index in [9.17, 15) is 9.59 Å². The third-order valence-corrected chi connectivity index (χ3v) is 6.47. The van der Waals surface area contributed by atoms with Gasteiger partial charge in [-0.2, -0.15) is 0 Å². The normalized spacial score (nSPS) is 19.1. The number of anilines is 1. The summed E-state index contributed by atoms with van der Waals surface area (Å²) in [6, 6.07) is 15.2. The molecule has 0 bridgehead atoms. The Morgan fingerprint density at radius 2 is 1.97 bits per heavy atom. The highest BCUT2D eigenvalue weighted by atomic mass is 32.1. The van der Waals surface area contributed by atoms with Crippen LogP contribution in [0, 0.1) is 0 Å². The Hall–Kier alpha value is -2.77. The Labute approximate surface area is 173 Å². The molecule has 1 amide bonds. The van der Waals surface area contributed by atoms with Gasteiger partial charge in [0.25, 0.3) is 5.91 Å². The topological polar surface area (TPSA) is 72.7 Å². The van der Waals surface area contributed by atoms with E-state index in [-0.39, 0.29) is 17.9 Å². The van der Waals surface area contributed by atoms with E-state index < -0.39 is 0 Å². The van der Waals surface area contributed by atoms with Crippen molar-refractivity contribution in [2.24, 2.45) is 0 Å². The number of ether oxygens (including phenoxy) is 1. The average Bonchev–Trinajstić information content (AvgIpc) is 3.18. The van der Waals surface area contributed by atoms with Crippen LogP contribution in [0.4, 0.5) is 5.69 Å². The minimum Gasteiger partial charge on any atom is -0.465 e. The molecule has 0 aliphatic carbocycles. The van der Waals surface area contributed by atoms with Crippen molar-refractivity contribution in [2.75, 3.05) is 25.5 Å². The predicted molar refractivity (Wildman–Crippen MR) is 113 cm³/mol. The van der Waals surface area contributed by atoms with Crippen molar-refractivity contribution in [1.82, 2.24) is 4.98 Å². The van der Waals surface area contributed by atoms with Gasteiger partial charge in [0.1, 0.15) is 6.04 Å². The third kappa shape index (κ3) is 4.46. The van der Waals surface area contributed by atoms with Gasteiger partial charge in [0, 0.05) is 12.1 Å². The third-order valence-electron chi connectivity index (χ3n) is 5.32. The standard InChI is InChI=1S/C22H23N3O3S/c1-28-22(27)15-9-11-16(12-10-15)23-20(26)14-25-13-5-4-7-18(25)21-24-17-6-2-3-8-19(17)29-21/h2-3,6,8-12,18H,4-5,7,13-14H2,1H3,(H,23,26)/p+1/t18-/m0/s1. The van der Waals surface area contributed by atoms with E-state index in [1.54, 1.807) is 35.6 Å². The quantitative estimate of drug-likeness (QED) is 0.635. The number of methoxy groups -OCH3 is 1. The van der Waals surface area contributed by atoms with Crippen LogP contribution < -0.4 is 10.2 Å². The van der Waals surface area contributed by atoms with Crippen molar-refractivity contribution in [3.8, 4) is 0 Å². The van der Waals surface area contributed by atoms with Crippen LogP contribution in [-0.4, -0.2) is 37.1 Å².